The molecule has 0 fully saturated rings. The molecule has 2 aromatic heterocycles. The number of aryl methyl sites for hydroxylation is 1. The van der Waals surface area contributed by atoms with E-state index in [4.69, 9.17) is 9.15 Å². The summed E-state index contributed by atoms with van der Waals surface area (Å²) in [6.07, 6.45) is 1.54. The third-order valence-corrected chi connectivity index (χ3v) is 5.10. The van der Waals surface area contributed by atoms with E-state index in [0.29, 0.717) is 33.6 Å². The Morgan fingerprint density at radius 1 is 1.10 bits per heavy atom. The van der Waals surface area contributed by atoms with Crippen molar-refractivity contribution in [2.24, 2.45) is 0 Å². The predicted molar refractivity (Wildman–Crippen MR) is 117 cm³/mol. The lowest BCUT2D eigenvalue weighted by Crippen LogP contribution is -2.21. The van der Waals surface area contributed by atoms with Crippen LogP contribution in [-0.2, 0) is 9.53 Å². The van der Waals surface area contributed by atoms with Crippen LogP contribution >= 0.6 is 15.9 Å². The van der Waals surface area contributed by atoms with Gasteiger partial charge in [0.15, 0.2) is 12.4 Å². The Morgan fingerprint density at radius 2 is 1.93 bits per heavy atom. The summed E-state index contributed by atoms with van der Waals surface area (Å²) < 4.78 is 11.4. The van der Waals surface area contributed by atoms with Crippen LogP contribution in [0.4, 0.5) is 5.69 Å². The molecule has 2 heterocycles. The summed E-state index contributed by atoms with van der Waals surface area (Å²) in [6, 6.07) is 17.9. The van der Waals surface area contributed by atoms with Crippen LogP contribution in [0.3, 0.4) is 0 Å². The number of ether oxygens (including phenoxy) is 1. The normalized spacial score (nSPS) is 10.7. The van der Waals surface area contributed by atoms with Gasteiger partial charge in [-0.2, -0.15) is 0 Å². The zero-order valence-electron chi connectivity index (χ0n) is 16.0. The third-order valence-electron chi connectivity index (χ3n) is 4.44. The monoisotopic (exact) mass is 464 g/mol. The summed E-state index contributed by atoms with van der Waals surface area (Å²) in [5, 5.41) is 3.36. The lowest BCUT2D eigenvalue weighted by molar-refractivity contribution is -0.119. The van der Waals surface area contributed by atoms with E-state index in [0.717, 1.165) is 10.0 Å². The Hall–Kier alpha value is -3.45. The van der Waals surface area contributed by atoms with E-state index in [1.54, 1.807) is 36.4 Å². The average Bonchev–Trinajstić information content (AvgIpc) is 3.28. The number of fused-ring (bicyclic) bond motifs is 1. The van der Waals surface area contributed by atoms with Crippen molar-refractivity contribution in [3.8, 4) is 11.5 Å². The van der Waals surface area contributed by atoms with E-state index >= 15 is 0 Å². The van der Waals surface area contributed by atoms with Crippen molar-refractivity contribution in [3.05, 3.63) is 82.5 Å². The van der Waals surface area contributed by atoms with Crippen molar-refractivity contribution in [1.29, 1.82) is 0 Å². The number of pyridine rings is 1. The molecule has 0 saturated carbocycles. The highest BCUT2D eigenvalue weighted by molar-refractivity contribution is 9.10. The lowest BCUT2D eigenvalue weighted by atomic mass is 10.1. The van der Waals surface area contributed by atoms with Crippen molar-refractivity contribution in [2.45, 2.75) is 6.92 Å². The van der Waals surface area contributed by atoms with Crippen LogP contribution in [0.2, 0.25) is 0 Å². The molecule has 7 heteroatoms. The van der Waals surface area contributed by atoms with Gasteiger partial charge in [-0.15, -0.1) is 0 Å². The van der Waals surface area contributed by atoms with Crippen LogP contribution in [0.1, 0.15) is 15.9 Å². The Kier molecular flexibility index (Phi) is 5.63. The Morgan fingerprint density at radius 3 is 2.70 bits per heavy atom. The zero-order valence-corrected chi connectivity index (χ0v) is 17.6. The van der Waals surface area contributed by atoms with Gasteiger partial charge < -0.3 is 14.5 Å². The number of hydrogen-bond acceptors (Lipinski definition) is 5. The maximum atomic E-state index is 12.8. The smallest absolute Gasteiger partial charge is 0.339 e. The van der Waals surface area contributed by atoms with E-state index in [1.165, 1.54) is 6.26 Å². The van der Waals surface area contributed by atoms with E-state index in [2.05, 4.69) is 26.2 Å². The number of halogens is 1. The van der Waals surface area contributed by atoms with Gasteiger partial charge in [-0.05, 0) is 64.8 Å². The molecule has 0 unspecified atom stereocenters. The standard InChI is InChI=1S/C23H17BrN2O4/c1-14-8-9-19(17(24)11-14)26-22(27)13-30-23(28)16-12-20(21-7-4-10-29-21)25-18-6-3-2-5-15(16)18/h2-12H,13H2,1H3,(H,26,27). The molecule has 4 rings (SSSR count). The summed E-state index contributed by atoms with van der Waals surface area (Å²) in [6.45, 7) is 1.54. The molecular weight excluding hydrogens is 448 g/mol. The van der Waals surface area contributed by atoms with E-state index in [9.17, 15) is 9.59 Å². The molecule has 150 valence electrons. The molecular formula is C23H17BrN2O4. The number of amides is 1. The summed E-state index contributed by atoms with van der Waals surface area (Å²) >= 11 is 3.41. The van der Waals surface area contributed by atoms with Crippen molar-refractivity contribution in [1.82, 2.24) is 4.98 Å². The van der Waals surface area contributed by atoms with Crippen molar-refractivity contribution >= 4 is 44.4 Å². The first-order valence-corrected chi connectivity index (χ1v) is 9.97. The highest BCUT2D eigenvalue weighted by Crippen LogP contribution is 2.26. The molecule has 1 amide bonds. The van der Waals surface area contributed by atoms with E-state index < -0.39 is 18.5 Å². The van der Waals surface area contributed by atoms with Crippen molar-refractivity contribution in [3.63, 3.8) is 0 Å². The Balaban J connectivity index is 1.53. The minimum atomic E-state index is -0.612. The van der Waals surface area contributed by atoms with Gasteiger partial charge in [-0.25, -0.2) is 9.78 Å². The van der Waals surface area contributed by atoms with Crippen LogP contribution in [0.15, 0.2) is 75.8 Å². The maximum absolute atomic E-state index is 12.8. The molecule has 0 radical (unpaired) electrons. The molecule has 0 aliphatic heterocycles. The number of benzene rings is 2. The SMILES string of the molecule is Cc1ccc(NC(=O)COC(=O)c2cc(-c3ccco3)nc3ccccc23)c(Br)c1. The first-order chi connectivity index (χ1) is 14.5. The molecule has 2 aromatic carbocycles. The van der Waals surface area contributed by atoms with E-state index in [1.807, 2.05) is 31.2 Å². The van der Waals surface area contributed by atoms with Gasteiger partial charge in [0.2, 0.25) is 0 Å². The number of aromatic nitrogens is 1. The summed E-state index contributed by atoms with van der Waals surface area (Å²) in [7, 11) is 0. The maximum Gasteiger partial charge on any atom is 0.339 e. The molecule has 1 N–H and O–H groups in total. The average molecular weight is 465 g/mol. The minimum absolute atomic E-state index is 0.316. The number of furan rings is 1. The van der Waals surface area contributed by atoms with Gasteiger partial charge >= 0.3 is 5.97 Å². The number of hydrogen-bond donors (Lipinski definition) is 1. The van der Waals surface area contributed by atoms with Crippen molar-refractivity contribution in [2.75, 3.05) is 11.9 Å². The summed E-state index contributed by atoms with van der Waals surface area (Å²) in [5.41, 5.74) is 3.13. The summed E-state index contributed by atoms with van der Waals surface area (Å²) in [5.74, 6) is -0.506. The highest BCUT2D eigenvalue weighted by atomic mass is 79.9. The molecule has 0 spiro atoms. The van der Waals surface area contributed by atoms with Crippen LogP contribution < -0.4 is 5.32 Å². The number of para-hydroxylation sites is 1. The van der Waals surface area contributed by atoms with Crippen LogP contribution in [0.25, 0.3) is 22.4 Å². The number of nitrogens with zero attached hydrogens (tertiary/aromatic N) is 1. The van der Waals surface area contributed by atoms with Gasteiger partial charge in [0.25, 0.3) is 5.91 Å². The van der Waals surface area contributed by atoms with Gasteiger partial charge in [0, 0.05) is 9.86 Å². The van der Waals surface area contributed by atoms with E-state index in [-0.39, 0.29) is 0 Å². The second-order valence-electron chi connectivity index (χ2n) is 6.66. The van der Waals surface area contributed by atoms with Crippen molar-refractivity contribution < 1.29 is 18.7 Å². The fourth-order valence-corrected chi connectivity index (χ4v) is 3.60. The molecule has 6 nitrogen and oxygen atoms in total. The minimum Gasteiger partial charge on any atom is -0.463 e. The number of anilines is 1. The molecule has 0 aliphatic rings. The number of carbonyl (C=O) groups is 2. The van der Waals surface area contributed by atoms with Crippen LogP contribution in [0, 0.1) is 6.92 Å². The Bertz CT molecular complexity index is 1240. The third kappa shape index (κ3) is 4.26. The zero-order chi connectivity index (χ0) is 21.1. The second kappa shape index (κ2) is 8.51. The highest BCUT2D eigenvalue weighted by Gasteiger charge is 2.17. The number of rotatable bonds is 5. The Labute approximate surface area is 181 Å². The lowest BCUT2D eigenvalue weighted by Gasteiger charge is -2.10. The molecule has 0 atom stereocenters. The largest absolute Gasteiger partial charge is 0.463 e. The fraction of sp³-hybridized carbons (Fsp3) is 0.0870. The second-order valence-corrected chi connectivity index (χ2v) is 7.51. The molecule has 0 bridgehead atoms. The van der Waals surface area contributed by atoms with Gasteiger partial charge in [0.05, 0.1) is 23.0 Å². The first kappa shape index (κ1) is 19.8. The number of nitrogens with one attached hydrogen (secondary N) is 1. The fourth-order valence-electron chi connectivity index (χ4n) is 3.01. The summed E-state index contributed by atoms with van der Waals surface area (Å²) in [4.78, 5) is 29.6. The van der Waals surface area contributed by atoms with Crippen LogP contribution in [0.5, 0.6) is 0 Å². The topological polar surface area (TPSA) is 81.4 Å². The molecule has 30 heavy (non-hydrogen) atoms. The number of carbonyl (C=O) groups excluding carboxylic acids is 2. The first-order valence-electron chi connectivity index (χ1n) is 9.18. The van der Waals surface area contributed by atoms with Gasteiger partial charge in [-0.1, -0.05) is 24.3 Å². The number of esters is 1. The molecule has 0 saturated heterocycles. The van der Waals surface area contributed by atoms with Crippen LogP contribution in [-0.4, -0.2) is 23.5 Å². The van der Waals surface area contributed by atoms with Gasteiger partial charge in [0.1, 0.15) is 5.69 Å². The molecule has 0 aliphatic carbocycles. The quantitative estimate of drug-likeness (QED) is 0.402. The molecule has 4 aromatic rings. The van der Waals surface area contributed by atoms with Gasteiger partial charge in [-0.3, -0.25) is 4.79 Å². The predicted octanol–water partition coefficient (Wildman–Crippen LogP) is 5.36.